The van der Waals surface area contributed by atoms with E-state index in [4.69, 9.17) is 0 Å². The molecule has 6 heteroatoms. The van der Waals surface area contributed by atoms with Crippen LogP contribution < -0.4 is 5.32 Å². The topological polar surface area (TPSA) is 49.4 Å². The second-order valence-electron chi connectivity index (χ2n) is 5.57. The third-order valence-electron chi connectivity index (χ3n) is 3.90. The Labute approximate surface area is 147 Å². The van der Waals surface area contributed by atoms with Crippen LogP contribution >= 0.6 is 27.3 Å². The minimum atomic E-state index is -0.161. The number of hydrogen-bond donors (Lipinski definition) is 1. The summed E-state index contributed by atoms with van der Waals surface area (Å²) in [5, 5.41) is 4.84. The Morgan fingerprint density at radius 2 is 2.13 bits per heavy atom. The van der Waals surface area contributed by atoms with Gasteiger partial charge in [-0.2, -0.15) is 0 Å². The van der Waals surface area contributed by atoms with Crippen LogP contribution in [-0.4, -0.2) is 29.8 Å². The number of likely N-dealkylation sites (tertiary alicyclic amines) is 1. The van der Waals surface area contributed by atoms with E-state index >= 15 is 0 Å². The fraction of sp³-hybridized carbons (Fsp3) is 0.294. The fourth-order valence-electron chi connectivity index (χ4n) is 2.74. The maximum atomic E-state index is 12.5. The monoisotopic (exact) mass is 392 g/mol. The maximum absolute atomic E-state index is 12.5. The molecule has 0 radical (unpaired) electrons. The van der Waals surface area contributed by atoms with Gasteiger partial charge in [0.05, 0.1) is 10.8 Å². The highest BCUT2D eigenvalue weighted by atomic mass is 79.9. The highest BCUT2D eigenvalue weighted by Crippen LogP contribution is 2.23. The van der Waals surface area contributed by atoms with Gasteiger partial charge < -0.3 is 10.2 Å². The van der Waals surface area contributed by atoms with Gasteiger partial charge in [-0.15, -0.1) is 11.3 Å². The number of nitrogens with one attached hydrogen (secondary N) is 1. The van der Waals surface area contributed by atoms with Crippen LogP contribution in [0.25, 0.3) is 0 Å². The van der Waals surface area contributed by atoms with Crippen molar-refractivity contribution in [2.75, 3.05) is 18.4 Å². The minimum absolute atomic E-state index is 0.0215. The number of anilines is 1. The van der Waals surface area contributed by atoms with E-state index in [1.54, 1.807) is 4.90 Å². The fourth-order valence-corrected chi connectivity index (χ4v) is 3.83. The molecule has 1 aliphatic heterocycles. The highest BCUT2D eigenvalue weighted by molar-refractivity contribution is 9.10. The van der Waals surface area contributed by atoms with Gasteiger partial charge in [0.15, 0.2) is 0 Å². The minimum Gasteiger partial charge on any atom is -0.337 e. The zero-order valence-electron chi connectivity index (χ0n) is 12.5. The molecule has 0 aliphatic carbocycles. The third kappa shape index (κ3) is 4.00. The molecule has 1 N–H and O–H groups in total. The molecule has 2 amide bonds. The number of nitrogens with zero attached hydrogens (tertiary/aromatic N) is 1. The Bertz CT molecular complexity index is 702. The highest BCUT2D eigenvalue weighted by Gasteiger charge is 2.29. The summed E-state index contributed by atoms with van der Waals surface area (Å²) in [6.45, 7) is 1.20. The van der Waals surface area contributed by atoms with Crippen molar-refractivity contribution in [3.8, 4) is 0 Å². The van der Waals surface area contributed by atoms with Gasteiger partial charge in [0, 0.05) is 23.2 Å². The average molecular weight is 393 g/mol. The van der Waals surface area contributed by atoms with Gasteiger partial charge in [0.25, 0.3) is 5.91 Å². The lowest BCUT2D eigenvalue weighted by Crippen LogP contribution is -2.43. The first-order valence-electron chi connectivity index (χ1n) is 7.52. The van der Waals surface area contributed by atoms with Gasteiger partial charge in [-0.25, -0.2) is 0 Å². The molecular formula is C17H17BrN2O2S. The summed E-state index contributed by atoms with van der Waals surface area (Å²) < 4.78 is 0.924. The molecule has 1 atom stereocenters. The molecule has 3 rings (SSSR count). The van der Waals surface area contributed by atoms with Crippen LogP contribution in [0, 0.1) is 5.92 Å². The Hall–Kier alpha value is -1.66. The van der Waals surface area contributed by atoms with Crippen molar-refractivity contribution >= 4 is 44.8 Å². The Morgan fingerprint density at radius 3 is 2.87 bits per heavy atom. The zero-order chi connectivity index (χ0) is 16.2. The summed E-state index contributed by atoms with van der Waals surface area (Å²) in [5.74, 6) is -0.154. The van der Waals surface area contributed by atoms with Gasteiger partial charge in [0.1, 0.15) is 0 Å². The molecule has 0 unspecified atom stereocenters. The van der Waals surface area contributed by atoms with Gasteiger partial charge in [-0.1, -0.05) is 28.1 Å². The lowest BCUT2D eigenvalue weighted by atomic mass is 9.97. The molecule has 1 saturated heterocycles. The largest absolute Gasteiger partial charge is 0.337 e. The van der Waals surface area contributed by atoms with Crippen LogP contribution in [0.4, 0.5) is 5.69 Å². The predicted octanol–water partition coefficient (Wildman–Crippen LogP) is 4.00. The number of halogens is 1. The summed E-state index contributed by atoms with van der Waals surface area (Å²) >= 11 is 4.84. The van der Waals surface area contributed by atoms with E-state index in [2.05, 4.69) is 21.2 Å². The summed E-state index contributed by atoms with van der Waals surface area (Å²) in [4.78, 5) is 27.4. The van der Waals surface area contributed by atoms with Crippen LogP contribution in [0.1, 0.15) is 22.5 Å². The van der Waals surface area contributed by atoms with Crippen molar-refractivity contribution in [2.45, 2.75) is 12.8 Å². The van der Waals surface area contributed by atoms with Crippen molar-refractivity contribution in [3.05, 3.63) is 51.1 Å². The van der Waals surface area contributed by atoms with Crippen LogP contribution in [0.2, 0.25) is 0 Å². The van der Waals surface area contributed by atoms with Crippen LogP contribution in [0.3, 0.4) is 0 Å². The molecule has 1 aromatic carbocycles. The van der Waals surface area contributed by atoms with Gasteiger partial charge >= 0.3 is 0 Å². The number of carbonyl (C=O) groups is 2. The second-order valence-corrected chi connectivity index (χ2v) is 7.43. The molecule has 0 saturated carbocycles. The quantitative estimate of drug-likeness (QED) is 0.857. The first kappa shape index (κ1) is 16.2. The van der Waals surface area contributed by atoms with Crippen molar-refractivity contribution in [2.24, 2.45) is 5.92 Å². The molecule has 1 aromatic heterocycles. The van der Waals surface area contributed by atoms with E-state index in [1.165, 1.54) is 11.3 Å². The van der Waals surface area contributed by atoms with E-state index in [0.717, 1.165) is 34.4 Å². The smallest absolute Gasteiger partial charge is 0.263 e. The predicted molar refractivity (Wildman–Crippen MR) is 95.7 cm³/mol. The number of benzene rings is 1. The van der Waals surface area contributed by atoms with Crippen molar-refractivity contribution in [1.29, 1.82) is 0 Å². The van der Waals surface area contributed by atoms with E-state index in [1.807, 2.05) is 41.8 Å². The van der Waals surface area contributed by atoms with Crippen molar-refractivity contribution in [1.82, 2.24) is 4.90 Å². The van der Waals surface area contributed by atoms with Crippen molar-refractivity contribution < 1.29 is 9.59 Å². The summed E-state index contributed by atoms with van der Waals surface area (Å²) in [6, 6.07) is 11.2. The third-order valence-corrected chi connectivity index (χ3v) is 5.25. The van der Waals surface area contributed by atoms with E-state index < -0.39 is 0 Å². The number of carbonyl (C=O) groups excluding carboxylic acids is 2. The molecule has 4 nitrogen and oxygen atoms in total. The molecule has 0 bridgehead atoms. The Morgan fingerprint density at radius 1 is 1.26 bits per heavy atom. The molecule has 120 valence electrons. The standard InChI is InChI=1S/C17H17BrN2O2S/c18-13-5-1-6-14(10-13)19-16(21)12-4-2-8-20(11-12)17(22)15-7-3-9-23-15/h1,3,5-7,9-10,12H,2,4,8,11H2,(H,19,21)/t12-/m1/s1. The van der Waals surface area contributed by atoms with Crippen LogP contribution in [0.5, 0.6) is 0 Å². The summed E-state index contributed by atoms with van der Waals surface area (Å²) in [5.41, 5.74) is 0.770. The van der Waals surface area contributed by atoms with Gasteiger partial charge in [-0.3, -0.25) is 9.59 Å². The number of thiophene rings is 1. The molecule has 1 aliphatic rings. The summed E-state index contributed by atoms with van der Waals surface area (Å²) in [7, 11) is 0. The lowest BCUT2D eigenvalue weighted by molar-refractivity contribution is -0.121. The van der Waals surface area contributed by atoms with Crippen molar-refractivity contribution in [3.63, 3.8) is 0 Å². The van der Waals surface area contributed by atoms with Gasteiger partial charge in [0.2, 0.25) is 5.91 Å². The molecule has 23 heavy (non-hydrogen) atoms. The number of amides is 2. The average Bonchev–Trinajstić information content (AvgIpc) is 3.09. The Kier molecular flexibility index (Phi) is 5.13. The first-order valence-corrected chi connectivity index (χ1v) is 9.20. The van der Waals surface area contributed by atoms with E-state index in [9.17, 15) is 9.59 Å². The maximum Gasteiger partial charge on any atom is 0.263 e. The summed E-state index contributed by atoms with van der Waals surface area (Å²) in [6.07, 6.45) is 1.67. The lowest BCUT2D eigenvalue weighted by Gasteiger charge is -2.31. The first-order chi connectivity index (χ1) is 11.1. The number of hydrogen-bond acceptors (Lipinski definition) is 3. The number of piperidine rings is 1. The molecule has 0 spiro atoms. The van der Waals surface area contributed by atoms with E-state index in [-0.39, 0.29) is 17.7 Å². The molecular weight excluding hydrogens is 376 g/mol. The molecule has 1 fully saturated rings. The van der Waals surface area contributed by atoms with Crippen LogP contribution in [-0.2, 0) is 4.79 Å². The second kappa shape index (κ2) is 7.27. The van der Waals surface area contributed by atoms with Crippen LogP contribution in [0.15, 0.2) is 46.3 Å². The molecule has 2 aromatic rings. The van der Waals surface area contributed by atoms with Gasteiger partial charge in [-0.05, 0) is 42.5 Å². The molecule has 2 heterocycles. The zero-order valence-corrected chi connectivity index (χ0v) is 14.9. The Balaban J connectivity index is 1.64. The normalized spacial score (nSPS) is 17.8. The SMILES string of the molecule is O=C(Nc1cccc(Br)c1)[C@@H]1CCCN(C(=O)c2cccs2)C1. The number of rotatable bonds is 3. The van der Waals surface area contributed by atoms with E-state index in [0.29, 0.717) is 6.54 Å².